The molecule has 0 saturated heterocycles. The third kappa shape index (κ3) is 2.05. The number of hydrogen-bond acceptors (Lipinski definition) is 2. The lowest BCUT2D eigenvalue weighted by Gasteiger charge is -2.22. The van der Waals surface area contributed by atoms with Crippen LogP contribution in [0, 0.1) is 0 Å². The van der Waals surface area contributed by atoms with Gasteiger partial charge >= 0.3 is 0 Å². The van der Waals surface area contributed by atoms with Crippen molar-refractivity contribution in [3.63, 3.8) is 0 Å². The standard InChI is InChI=1S/C13H16O2/c1-2-5-12(14)11-8-3-6-10-7-4-9-15-13(10)11/h2-3,6,8,12,14H,1,4-5,7,9H2. The van der Waals surface area contributed by atoms with Crippen LogP contribution in [0.25, 0.3) is 0 Å². The van der Waals surface area contributed by atoms with Crippen molar-refractivity contribution in [2.24, 2.45) is 0 Å². The molecule has 15 heavy (non-hydrogen) atoms. The van der Waals surface area contributed by atoms with Crippen molar-refractivity contribution in [3.8, 4) is 5.75 Å². The molecule has 1 atom stereocenters. The van der Waals surface area contributed by atoms with Crippen molar-refractivity contribution in [1.29, 1.82) is 0 Å². The molecule has 1 N–H and O–H groups in total. The fraction of sp³-hybridized carbons (Fsp3) is 0.385. The Kier molecular flexibility index (Phi) is 3.07. The molecule has 1 aliphatic rings. The molecule has 0 bridgehead atoms. The summed E-state index contributed by atoms with van der Waals surface area (Å²) in [4.78, 5) is 0. The van der Waals surface area contributed by atoms with E-state index < -0.39 is 6.10 Å². The molecule has 1 aromatic carbocycles. The topological polar surface area (TPSA) is 29.5 Å². The minimum absolute atomic E-state index is 0.490. The minimum Gasteiger partial charge on any atom is -0.493 e. The van der Waals surface area contributed by atoms with Gasteiger partial charge in [0.25, 0.3) is 0 Å². The average Bonchev–Trinajstić information content (AvgIpc) is 2.28. The van der Waals surface area contributed by atoms with E-state index in [0.29, 0.717) is 6.42 Å². The van der Waals surface area contributed by atoms with E-state index in [1.165, 1.54) is 5.56 Å². The van der Waals surface area contributed by atoms with Gasteiger partial charge in [-0.3, -0.25) is 0 Å². The normalized spacial score (nSPS) is 16.3. The summed E-state index contributed by atoms with van der Waals surface area (Å²) in [5, 5.41) is 9.93. The van der Waals surface area contributed by atoms with E-state index in [1.807, 2.05) is 12.1 Å². The van der Waals surface area contributed by atoms with Crippen LogP contribution in [-0.4, -0.2) is 11.7 Å². The summed E-state index contributed by atoms with van der Waals surface area (Å²) in [6, 6.07) is 5.98. The number of rotatable bonds is 3. The maximum Gasteiger partial charge on any atom is 0.128 e. The fourth-order valence-electron chi connectivity index (χ4n) is 1.96. The minimum atomic E-state index is -0.490. The number of ether oxygens (including phenoxy) is 1. The first-order valence-corrected chi connectivity index (χ1v) is 5.36. The van der Waals surface area contributed by atoms with E-state index in [1.54, 1.807) is 6.08 Å². The molecule has 2 nitrogen and oxygen atoms in total. The van der Waals surface area contributed by atoms with Gasteiger partial charge in [-0.15, -0.1) is 6.58 Å². The number of aryl methyl sites for hydroxylation is 1. The summed E-state index contributed by atoms with van der Waals surface area (Å²) in [7, 11) is 0. The molecule has 0 radical (unpaired) electrons. The zero-order chi connectivity index (χ0) is 10.7. The molecule has 0 spiro atoms. The van der Waals surface area contributed by atoms with Gasteiger partial charge in [0, 0.05) is 5.56 Å². The molecule has 2 rings (SSSR count). The molecule has 1 unspecified atom stereocenters. The SMILES string of the molecule is C=CCC(O)c1cccc2c1OCCC2. The third-order valence-electron chi connectivity index (χ3n) is 2.71. The van der Waals surface area contributed by atoms with E-state index in [-0.39, 0.29) is 0 Å². The van der Waals surface area contributed by atoms with Gasteiger partial charge in [-0.25, -0.2) is 0 Å². The first-order valence-electron chi connectivity index (χ1n) is 5.36. The average molecular weight is 204 g/mol. The van der Waals surface area contributed by atoms with E-state index >= 15 is 0 Å². The third-order valence-corrected chi connectivity index (χ3v) is 2.71. The van der Waals surface area contributed by atoms with Gasteiger partial charge in [0.15, 0.2) is 0 Å². The molecule has 2 heteroatoms. The van der Waals surface area contributed by atoms with Crippen LogP contribution in [0.4, 0.5) is 0 Å². The second-order valence-corrected chi connectivity index (χ2v) is 3.83. The van der Waals surface area contributed by atoms with Crippen molar-refractivity contribution in [3.05, 3.63) is 42.0 Å². The van der Waals surface area contributed by atoms with Crippen LogP contribution >= 0.6 is 0 Å². The van der Waals surface area contributed by atoms with Crippen LogP contribution in [0.1, 0.15) is 30.1 Å². The molecule has 0 aliphatic carbocycles. The molecule has 0 aromatic heterocycles. The van der Waals surface area contributed by atoms with Gasteiger partial charge in [-0.2, -0.15) is 0 Å². The predicted octanol–water partition coefficient (Wildman–Crippen LogP) is 2.62. The van der Waals surface area contributed by atoms with E-state index in [0.717, 1.165) is 30.8 Å². The number of aliphatic hydroxyl groups is 1. The second kappa shape index (κ2) is 4.49. The maximum atomic E-state index is 9.93. The molecule has 80 valence electrons. The molecule has 0 amide bonds. The highest BCUT2D eigenvalue weighted by Gasteiger charge is 2.18. The molecule has 1 aromatic rings. The van der Waals surface area contributed by atoms with Crippen LogP contribution in [0.15, 0.2) is 30.9 Å². The second-order valence-electron chi connectivity index (χ2n) is 3.83. The van der Waals surface area contributed by atoms with Gasteiger partial charge < -0.3 is 9.84 Å². The quantitative estimate of drug-likeness (QED) is 0.767. The largest absolute Gasteiger partial charge is 0.493 e. The van der Waals surface area contributed by atoms with Gasteiger partial charge in [0.05, 0.1) is 12.7 Å². The van der Waals surface area contributed by atoms with Crippen molar-refractivity contribution in [1.82, 2.24) is 0 Å². The van der Waals surface area contributed by atoms with Crippen LogP contribution in [0.2, 0.25) is 0 Å². The monoisotopic (exact) mass is 204 g/mol. The van der Waals surface area contributed by atoms with Crippen molar-refractivity contribution in [2.75, 3.05) is 6.61 Å². The highest BCUT2D eigenvalue weighted by molar-refractivity contribution is 5.44. The lowest BCUT2D eigenvalue weighted by Crippen LogP contribution is -2.11. The Morgan fingerprint density at radius 3 is 3.20 bits per heavy atom. The van der Waals surface area contributed by atoms with Gasteiger partial charge in [-0.1, -0.05) is 24.3 Å². The van der Waals surface area contributed by atoms with Gasteiger partial charge in [0.2, 0.25) is 0 Å². The Balaban J connectivity index is 2.34. The zero-order valence-electron chi connectivity index (χ0n) is 8.78. The van der Waals surface area contributed by atoms with Gasteiger partial charge in [0.1, 0.15) is 5.75 Å². The highest BCUT2D eigenvalue weighted by atomic mass is 16.5. The summed E-state index contributed by atoms with van der Waals surface area (Å²) in [6.07, 6.45) is 3.92. The summed E-state index contributed by atoms with van der Waals surface area (Å²) in [6.45, 7) is 4.39. The van der Waals surface area contributed by atoms with Crippen LogP contribution in [0.5, 0.6) is 5.75 Å². The molecule has 0 fully saturated rings. The summed E-state index contributed by atoms with van der Waals surface area (Å²) >= 11 is 0. The predicted molar refractivity (Wildman–Crippen MR) is 60.0 cm³/mol. The molecule has 0 saturated carbocycles. The van der Waals surface area contributed by atoms with Crippen LogP contribution in [0.3, 0.4) is 0 Å². The van der Waals surface area contributed by atoms with E-state index in [2.05, 4.69) is 12.6 Å². The van der Waals surface area contributed by atoms with Crippen LogP contribution in [-0.2, 0) is 6.42 Å². The Morgan fingerprint density at radius 2 is 2.40 bits per heavy atom. The summed E-state index contributed by atoms with van der Waals surface area (Å²) in [5.74, 6) is 0.887. The highest BCUT2D eigenvalue weighted by Crippen LogP contribution is 2.33. The summed E-state index contributed by atoms with van der Waals surface area (Å²) in [5.41, 5.74) is 2.11. The molecule has 1 aliphatic heterocycles. The summed E-state index contributed by atoms with van der Waals surface area (Å²) < 4.78 is 5.63. The van der Waals surface area contributed by atoms with Crippen molar-refractivity contribution < 1.29 is 9.84 Å². The fourth-order valence-corrected chi connectivity index (χ4v) is 1.96. The van der Waals surface area contributed by atoms with Crippen LogP contribution < -0.4 is 4.74 Å². The van der Waals surface area contributed by atoms with Crippen molar-refractivity contribution >= 4 is 0 Å². The Bertz CT molecular complexity index is 358. The Morgan fingerprint density at radius 1 is 1.53 bits per heavy atom. The smallest absolute Gasteiger partial charge is 0.128 e. The van der Waals surface area contributed by atoms with Gasteiger partial charge in [-0.05, 0) is 24.8 Å². The first kappa shape index (κ1) is 10.2. The molecular formula is C13H16O2. The Labute approximate surface area is 90.2 Å². The number of benzene rings is 1. The number of fused-ring (bicyclic) bond motifs is 1. The molecular weight excluding hydrogens is 188 g/mol. The van der Waals surface area contributed by atoms with Crippen molar-refractivity contribution in [2.45, 2.75) is 25.4 Å². The molecule has 1 heterocycles. The number of hydrogen-bond donors (Lipinski definition) is 1. The Hall–Kier alpha value is -1.28. The van der Waals surface area contributed by atoms with E-state index in [4.69, 9.17) is 4.74 Å². The lowest BCUT2D eigenvalue weighted by atomic mass is 9.98. The number of para-hydroxylation sites is 1. The maximum absolute atomic E-state index is 9.93. The first-order chi connectivity index (χ1) is 7.33. The number of aliphatic hydroxyl groups excluding tert-OH is 1. The van der Waals surface area contributed by atoms with E-state index in [9.17, 15) is 5.11 Å². The lowest BCUT2D eigenvalue weighted by molar-refractivity contribution is 0.172. The zero-order valence-corrected chi connectivity index (χ0v) is 8.78.